The number of carbonyl (C=O) groups is 6. The number of phenols is 3. The van der Waals surface area contributed by atoms with Gasteiger partial charge in [0.1, 0.15) is 17.2 Å². The van der Waals surface area contributed by atoms with Crippen molar-refractivity contribution in [1.82, 2.24) is 14.7 Å². The van der Waals surface area contributed by atoms with Crippen LogP contribution >= 0.6 is 0 Å². The van der Waals surface area contributed by atoms with Crippen molar-refractivity contribution in [2.75, 3.05) is 60.6 Å². The molecule has 1 aliphatic heterocycles. The first-order chi connectivity index (χ1) is 22.8. The summed E-state index contributed by atoms with van der Waals surface area (Å²) in [6, 6.07) is 10.6. The van der Waals surface area contributed by atoms with Crippen molar-refractivity contribution in [3.8, 4) is 17.2 Å². The second kappa shape index (κ2) is 15.0. The number of benzene rings is 3. The highest BCUT2D eigenvalue weighted by atomic mass is 16.5. The summed E-state index contributed by atoms with van der Waals surface area (Å²) in [7, 11) is 3.44. The van der Waals surface area contributed by atoms with Crippen LogP contribution in [0.25, 0.3) is 0 Å². The Morgan fingerprint density at radius 1 is 0.417 bits per heavy atom. The van der Waals surface area contributed by atoms with Crippen molar-refractivity contribution in [2.45, 2.75) is 0 Å². The van der Waals surface area contributed by atoms with Crippen LogP contribution in [0.3, 0.4) is 0 Å². The summed E-state index contributed by atoms with van der Waals surface area (Å²) in [4.78, 5) is 81.7. The highest BCUT2D eigenvalue weighted by Crippen LogP contribution is 2.22. The first kappa shape index (κ1) is 34.7. The number of esters is 3. The van der Waals surface area contributed by atoms with Gasteiger partial charge in [-0.2, -0.15) is 0 Å². The SMILES string of the molecule is COC(=O)c1cc(O)cc(C(=O)N2CCN(C(=O)c3cc(O)cc(C(=O)OC)c3)CCN(C(=O)c3cc(O)cc(C(=O)OC)c3)CC2)c1. The third-order valence-corrected chi connectivity index (χ3v) is 7.54. The standard InChI is InChI=1S/C33H33N3O12/c1-46-31(43)22-10-19(13-25(37)16-22)28(40)34-4-6-35(29(41)20-11-23(32(44)47-2)17-26(38)14-20)8-9-36(7-5-34)30(42)21-12-24(33(45)48-3)18-27(39)15-21/h10-18,37-39H,4-9H2,1-3H3. The highest BCUT2D eigenvalue weighted by molar-refractivity contribution is 6.01. The van der Waals surface area contributed by atoms with Gasteiger partial charge in [-0.15, -0.1) is 0 Å². The van der Waals surface area contributed by atoms with E-state index in [0.29, 0.717) is 0 Å². The smallest absolute Gasteiger partial charge is 0.338 e. The lowest BCUT2D eigenvalue weighted by Crippen LogP contribution is -2.41. The number of rotatable bonds is 6. The summed E-state index contributed by atoms with van der Waals surface area (Å²) >= 11 is 0. The van der Waals surface area contributed by atoms with Gasteiger partial charge in [0.15, 0.2) is 0 Å². The monoisotopic (exact) mass is 663 g/mol. The van der Waals surface area contributed by atoms with Gasteiger partial charge in [-0.25, -0.2) is 14.4 Å². The zero-order valence-electron chi connectivity index (χ0n) is 26.3. The molecule has 252 valence electrons. The lowest BCUT2D eigenvalue weighted by atomic mass is 10.1. The normalized spacial score (nSPS) is 13.4. The number of phenolic OH excluding ortho intramolecular Hbond substituents is 3. The van der Waals surface area contributed by atoms with Crippen LogP contribution in [-0.4, -0.2) is 126 Å². The van der Waals surface area contributed by atoms with Crippen molar-refractivity contribution in [2.24, 2.45) is 0 Å². The van der Waals surface area contributed by atoms with Gasteiger partial charge in [-0.1, -0.05) is 0 Å². The highest BCUT2D eigenvalue weighted by Gasteiger charge is 2.28. The fourth-order valence-corrected chi connectivity index (χ4v) is 5.13. The third-order valence-electron chi connectivity index (χ3n) is 7.54. The molecule has 48 heavy (non-hydrogen) atoms. The van der Waals surface area contributed by atoms with Gasteiger partial charge in [0.2, 0.25) is 0 Å². The topological polar surface area (TPSA) is 201 Å². The molecule has 0 aromatic heterocycles. The van der Waals surface area contributed by atoms with E-state index < -0.39 is 35.6 Å². The molecule has 3 amide bonds. The molecule has 0 saturated carbocycles. The van der Waals surface area contributed by atoms with E-state index in [2.05, 4.69) is 0 Å². The zero-order chi connectivity index (χ0) is 35.1. The molecule has 0 bridgehead atoms. The second-order valence-corrected chi connectivity index (χ2v) is 10.7. The summed E-state index contributed by atoms with van der Waals surface area (Å²) in [6.07, 6.45) is 0. The first-order valence-electron chi connectivity index (χ1n) is 14.5. The van der Waals surface area contributed by atoms with E-state index in [4.69, 9.17) is 14.2 Å². The van der Waals surface area contributed by atoms with Gasteiger partial charge in [-0.3, -0.25) is 14.4 Å². The molecule has 0 aliphatic carbocycles. The van der Waals surface area contributed by atoms with Gasteiger partial charge in [-0.05, 0) is 54.6 Å². The Hall–Kier alpha value is -6.12. The lowest BCUT2D eigenvalue weighted by molar-refractivity contribution is 0.0590. The van der Waals surface area contributed by atoms with Crippen molar-refractivity contribution in [1.29, 1.82) is 0 Å². The number of nitrogens with zero attached hydrogens (tertiary/aromatic N) is 3. The van der Waals surface area contributed by atoms with Crippen LogP contribution in [-0.2, 0) is 14.2 Å². The molecular weight excluding hydrogens is 630 g/mol. The summed E-state index contributed by atoms with van der Waals surface area (Å²) in [5, 5.41) is 30.7. The minimum atomic E-state index is -0.784. The van der Waals surface area contributed by atoms with E-state index in [1.54, 1.807) is 0 Å². The largest absolute Gasteiger partial charge is 0.508 e. The predicted octanol–water partition coefficient (Wildman–Crippen LogP) is 1.90. The molecular formula is C33H33N3O12. The Morgan fingerprint density at radius 3 is 0.833 bits per heavy atom. The molecule has 3 N–H and O–H groups in total. The van der Waals surface area contributed by atoms with E-state index in [-0.39, 0.29) is 89.9 Å². The van der Waals surface area contributed by atoms with Crippen molar-refractivity contribution in [3.05, 3.63) is 88.0 Å². The zero-order valence-corrected chi connectivity index (χ0v) is 26.3. The van der Waals surface area contributed by atoms with Gasteiger partial charge >= 0.3 is 17.9 Å². The van der Waals surface area contributed by atoms with E-state index >= 15 is 0 Å². The molecule has 1 heterocycles. The Morgan fingerprint density at radius 2 is 0.625 bits per heavy atom. The van der Waals surface area contributed by atoms with Gasteiger partial charge in [0.25, 0.3) is 17.7 Å². The van der Waals surface area contributed by atoms with E-state index in [1.807, 2.05) is 0 Å². The van der Waals surface area contributed by atoms with Crippen LogP contribution in [0, 0.1) is 0 Å². The summed E-state index contributed by atoms with van der Waals surface area (Å²) in [6.45, 7) is -0.351. The first-order valence-corrected chi connectivity index (χ1v) is 14.5. The number of aromatic hydroxyl groups is 3. The average molecular weight is 664 g/mol. The molecule has 0 unspecified atom stereocenters. The molecule has 3 aromatic rings. The molecule has 1 fully saturated rings. The van der Waals surface area contributed by atoms with Crippen LogP contribution in [0.2, 0.25) is 0 Å². The quantitative estimate of drug-likeness (QED) is 0.256. The van der Waals surface area contributed by atoms with Crippen molar-refractivity contribution >= 4 is 35.6 Å². The fraction of sp³-hybridized carbons (Fsp3) is 0.273. The fourth-order valence-electron chi connectivity index (χ4n) is 5.13. The number of hydrogen-bond donors (Lipinski definition) is 3. The van der Waals surface area contributed by atoms with Gasteiger partial charge in [0, 0.05) is 56.0 Å². The molecule has 0 spiro atoms. The van der Waals surface area contributed by atoms with Crippen LogP contribution < -0.4 is 0 Å². The Kier molecular flexibility index (Phi) is 10.8. The lowest BCUT2D eigenvalue weighted by Gasteiger charge is -2.26. The number of ether oxygens (including phenoxy) is 3. The molecule has 0 atom stereocenters. The maximum Gasteiger partial charge on any atom is 0.338 e. The summed E-state index contributed by atoms with van der Waals surface area (Å²) < 4.78 is 14.1. The molecule has 0 radical (unpaired) electrons. The molecule has 1 aliphatic rings. The third kappa shape index (κ3) is 7.99. The molecule has 4 rings (SSSR count). The molecule has 3 aromatic carbocycles. The maximum absolute atomic E-state index is 13.8. The van der Waals surface area contributed by atoms with E-state index in [1.165, 1.54) is 32.9 Å². The van der Waals surface area contributed by atoms with Crippen LogP contribution in [0.15, 0.2) is 54.6 Å². The average Bonchev–Trinajstić information content (AvgIpc) is 3.19. The minimum absolute atomic E-state index is 0.0584. The molecule has 15 heteroatoms. The molecule has 15 nitrogen and oxygen atoms in total. The second-order valence-electron chi connectivity index (χ2n) is 10.7. The number of carbonyl (C=O) groups excluding carboxylic acids is 6. The summed E-state index contributed by atoms with van der Waals surface area (Å²) in [5.74, 6) is -5.34. The van der Waals surface area contributed by atoms with Crippen LogP contribution in [0.4, 0.5) is 0 Å². The number of amides is 3. The van der Waals surface area contributed by atoms with Gasteiger partial charge in [0.05, 0.1) is 38.0 Å². The summed E-state index contributed by atoms with van der Waals surface area (Å²) in [5.41, 5.74) is -0.400. The number of methoxy groups -OCH3 is 3. The predicted molar refractivity (Wildman–Crippen MR) is 166 cm³/mol. The number of hydrogen-bond acceptors (Lipinski definition) is 12. The maximum atomic E-state index is 13.8. The van der Waals surface area contributed by atoms with Crippen LogP contribution in [0.1, 0.15) is 62.1 Å². The Labute approximate surface area is 274 Å². The Bertz CT molecular complexity index is 1560. The van der Waals surface area contributed by atoms with Crippen molar-refractivity contribution in [3.63, 3.8) is 0 Å². The van der Waals surface area contributed by atoms with Crippen molar-refractivity contribution < 1.29 is 58.3 Å². The van der Waals surface area contributed by atoms with E-state index in [9.17, 15) is 44.1 Å². The minimum Gasteiger partial charge on any atom is -0.508 e. The molecule has 1 saturated heterocycles. The van der Waals surface area contributed by atoms with Gasteiger partial charge < -0.3 is 44.2 Å². The van der Waals surface area contributed by atoms with Crippen LogP contribution in [0.5, 0.6) is 17.2 Å². The Balaban J connectivity index is 1.71. The van der Waals surface area contributed by atoms with E-state index in [0.717, 1.165) is 57.7 Å².